The van der Waals surface area contributed by atoms with Crippen LogP contribution >= 0.6 is 12.6 Å². The minimum absolute atomic E-state index is 0.154. The number of thiol groups is 1. The lowest BCUT2D eigenvalue weighted by Gasteiger charge is -2.36. The summed E-state index contributed by atoms with van der Waals surface area (Å²) >= 11 is 4.09. The number of carbonyl (C=O) groups is 1. The Morgan fingerprint density at radius 3 is 2.60 bits per heavy atom. The zero-order chi connectivity index (χ0) is 14.7. The van der Waals surface area contributed by atoms with E-state index in [4.69, 9.17) is 0 Å². The van der Waals surface area contributed by atoms with Crippen molar-refractivity contribution < 1.29 is 4.79 Å². The van der Waals surface area contributed by atoms with E-state index in [2.05, 4.69) is 28.7 Å². The van der Waals surface area contributed by atoms with E-state index in [1.54, 1.807) is 4.68 Å². The third kappa shape index (κ3) is 2.75. The van der Waals surface area contributed by atoms with Crippen molar-refractivity contribution in [3.05, 3.63) is 11.3 Å². The van der Waals surface area contributed by atoms with Gasteiger partial charge in [-0.1, -0.05) is 0 Å². The lowest BCUT2D eigenvalue weighted by atomic mass is 10.2. The topological polar surface area (TPSA) is 65.2 Å². The van der Waals surface area contributed by atoms with Gasteiger partial charge in [0.05, 0.1) is 5.69 Å². The fourth-order valence-electron chi connectivity index (χ4n) is 2.56. The van der Waals surface area contributed by atoms with Crippen molar-refractivity contribution in [1.29, 1.82) is 5.26 Å². The largest absolute Gasteiger partial charge is 0.352 e. The molecule has 1 aromatic heterocycles. The number of aromatic nitrogens is 2. The molecule has 1 fully saturated rings. The summed E-state index contributed by atoms with van der Waals surface area (Å²) < 4.78 is 1.75. The Kier molecular flexibility index (Phi) is 4.55. The smallest absolute Gasteiger partial charge is 0.223 e. The molecular formula is C13H19N5OS. The summed E-state index contributed by atoms with van der Waals surface area (Å²) in [5, 5.41) is 13.6. The lowest BCUT2D eigenvalue weighted by Crippen LogP contribution is -2.49. The van der Waals surface area contributed by atoms with Crippen LogP contribution in [0.15, 0.2) is 0 Å². The van der Waals surface area contributed by atoms with Crippen LogP contribution in [0.3, 0.4) is 0 Å². The number of anilines is 1. The highest BCUT2D eigenvalue weighted by molar-refractivity contribution is 7.80. The Hall–Kier alpha value is -1.68. The molecule has 6 nitrogen and oxygen atoms in total. The fraction of sp³-hybridized carbons (Fsp3) is 0.615. The van der Waals surface area contributed by atoms with Crippen molar-refractivity contribution in [2.45, 2.75) is 13.3 Å². The Morgan fingerprint density at radius 2 is 2.05 bits per heavy atom. The summed E-state index contributed by atoms with van der Waals surface area (Å²) in [5.41, 5.74) is 1.38. The molecule has 0 aromatic carbocycles. The van der Waals surface area contributed by atoms with Crippen molar-refractivity contribution in [2.24, 2.45) is 7.05 Å². The molecule has 20 heavy (non-hydrogen) atoms. The van der Waals surface area contributed by atoms with Gasteiger partial charge in [-0.25, -0.2) is 0 Å². The highest BCUT2D eigenvalue weighted by Crippen LogP contribution is 2.23. The summed E-state index contributed by atoms with van der Waals surface area (Å²) in [7, 11) is 1.85. The van der Waals surface area contributed by atoms with Crippen LogP contribution in [-0.2, 0) is 11.8 Å². The molecule has 0 unspecified atom stereocenters. The molecule has 0 aliphatic carbocycles. The maximum Gasteiger partial charge on any atom is 0.223 e. The molecule has 1 aliphatic rings. The van der Waals surface area contributed by atoms with E-state index in [1.165, 1.54) is 0 Å². The summed E-state index contributed by atoms with van der Waals surface area (Å²) in [6.07, 6.45) is 0.484. The van der Waals surface area contributed by atoms with Gasteiger partial charge in [0.25, 0.3) is 0 Å². The van der Waals surface area contributed by atoms with Gasteiger partial charge in [-0.3, -0.25) is 9.48 Å². The normalized spacial score (nSPS) is 15.3. The summed E-state index contributed by atoms with van der Waals surface area (Å²) in [6.45, 7) is 4.66. The van der Waals surface area contributed by atoms with Crippen LogP contribution in [0.5, 0.6) is 0 Å². The van der Waals surface area contributed by atoms with Gasteiger partial charge < -0.3 is 9.80 Å². The van der Waals surface area contributed by atoms with Crippen LogP contribution in [0, 0.1) is 18.3 Å². The highest BCUT2D eigenvalue weighted by atomic mass is 32.1. The van der Waals surface area contributed by atoms with Crippen molar-refractivity contribution in [2.75, 3.05) is 36.8 Å². The van der Waals surface area contributed by atoms with Crippen LogP contribution in [0.4, 0.5) is 5.82 Å². The number of nitrogens with zero attached hydrogens (tertiary/aromatic N) is 5. The number of rotatable bonds is 3. The molecule has 1 saturated heterocycles. The molecule has 0 N–H and O–H groups in total. The quantitative estimate of drug-likeness (QED) is 0.828. The van der Waals surface area contributed by atoms with Gasteiger partial charge in [0.15, 0.2) is 0 Å². The predicted octanol–water partition coefficient (Wildman–Crippen LogP) is 0.569. The molecule has 2 rings (SSSR count). The van der Waals surface area contributed by atoms with Crippen molar-refractivity contribution in [3.63, 3.8) is 0 Å². The third-order valence-corrected chi connectivity index (χ3v) is 3.78. The predicted molar refractivity (Wildman–Crippen MR) is 79.9 cm³/mol. The maximum atomic E-state index is 11.8. The molecule has 2 heterocycles. The Labute approximate surface area is 124 Å². The first kappa shape index (κ1) is 14.7. The van der Waals surface area contributed by atoms with Crippen molar-refractivity contribution in [3.8, 4) is 6.07 Å². The van der Waals surface area contributed by atoms with E-state index >= 15 is 0 Å². The van der Waals surface area contributed by atoms with Crippen LogP contribution < -0.4 is 4.90 Å². The molecule has 108 valence electrons. The monoisotopic (exact) mass is 293 g/mol. The van der Waals surface area contributed by atoms with E-state index in [1.807, 2.05) is 18.9 Å². The molecule has 1 aliphatic heterocycles. The van der Waals surface area contributed by atoms with Crippen LogP contribution in [-0.4, -0.2) is 52.5 Å². The molecule has 1 aromatic rings. The fourth-order valence-corrected chi connectivity index (χ4v) is 2.75. The second kappa shape index (κ2) is 6.18. The number of hydrogen-bond donors (Lipinski definition) is 1. The first-order valence-electron chi connectivity index (χ1n) is 6.65. The van der Waals surface area contributed by atoms with E-state index in [0.717, 1.165) is 24.6 Å². The van der Waals surface area contributed by atoms with Gasteiger partial charge in [0.2, 0.25) is 5.91 Å². The number of piperazine rings is 1. The second-order valence-corrected chi connectivity index (χ2v) is 5.31. The molecule has 7 heteroatoms. The van der Waals surface area contributed by atoms with Gasteiger partial charge in [-0.05, 0) is 12.7 Å². The highest BCUT2D eigenvalue weighted by Gasteiger charge is 2.25. The Balaban J connectivity index is 2.08. The molecular weight excluding hydrogens is 274 g/mol. The zero-order valence-corrected chi connectivity index (χ0v) is 12.7. The van der Waals surface area contributed by atoms with Crippen molar-refractivity contribution in [1.82, 2.24) is 14.7 Å². The Morgan fingerprint density at radius 1 is 1.40 bits per heavy atom. The second-order valence-electron chi connectivity index (χ2n) is 4.86. The number of hydrogen-bond acceptors (Lipinski definition) is 5. The van der Waals surface area contributed by atoms with Crippen LogP contribution in [0.25, 0.3) is 0 Å². The van der Waals surface area contributed by atoms with Crippen LogP contribution in [0.1, 0.15) is 17.7 Å². The van der Waals surface area contributed by atoms with Gasteiger partial charge >= 0.3 is 0 Å². The summed E-state index contributed by atoms with van der Waals surface area (Å²) in [5.74, 6) is 1.59. The van der Waals surface area contributed by atoms with Crippen molar-refractivity contribution >= 4 is 24.4 Å². The minimum atomic E-state index is 0.154. The number of nitriles is 1. The van der Waals surface area contributed by atoms with E-state index < -0.39 is 0 Å². The molecule has 0 saturated carbocycles. The average Bonchev–Trinajstić information content (AvgIpc) is 2.73. The lowest BCUT2D eigenvalue weighted by molar-refractivity contribution is -0.131. The number of amides is 1. The molecule has 0 atom stereocenters. The maximum absolute atomic E-state index is 11.8. The summed E-state index contributed by atoms with van der Waals surface area (Å²) in [4.78, 5) is 15.8. The van der Waals surface area contributed by atoms with E-state index in [0.29, 0.717) is 30.8 Å². The molecule has 0 bridgehead atoms. The molecule has 0 spiro atoms. The first-order valence-corrected chi connectivity index (χ1v) is 7.29. The van der Waals surface area contributed by atoms with Gasteiger partial charge in [0.1, 0.15) is 17.5 Å². The number of aryl methyl sites for hydroxylation is 2. The van der Waals surface area contributed by atoms with E-state index in [-0.39, 0.29) is 5.91 Å². The Bertz CT molecular complexity index is 540. The number of carbonyl (C=O) groups excluding carboxylic acids is 1. The van der Waals surface area contributed by atoms with Gasteiger partial charge in [-0.2, -0.15) is 23.0 Å². The van der Waals surface area contributed by atoms with Crippen LogP contribution in [0.2, 0.25) is 0 Å². The van der Waals surface area contributed by atoms with Gasteiger partial charge in [0, 0.05) is 39.6 Å². The third-order valence-electron chi connectivity index (χ3n) is 3.56. The van der Waals surface area contributed by atoms with Gasteiger partial charge in [-0.15, -0.1) is 0 Å². The minimum Gasteiger partial charge on any atom is -0.352 e. The van der Waals surface area contributed by atoms with E-state index in [9.17, 15) is 10.1 Å². The zero-order valence-electron chi connectivity index (χ0n) is 11.8. The SMILES string of the molecule is Cc1nn(C)c(N2CCN(C(=O)CCS)CC2)c1C#N. The summed E-state index contributed by atoms with van der Waals surface area (Å²) in [6, 6.07) is 2.22. The molecule has 0 radical (unpaired) electrons. The standard InChI is InChI=1S/C13H19N5OS/c1-10-11(9-14)13(16(2)15-10)18-6-4-17(5-7-18)12(19)3-8-20/h20H,3-8H2,1-2H3. The average molecular weight is 293 g/mol. The first-order chi connectivity index (χ1) is 9.58. The molecule has 1 amide bonds.